The first-order valence-electron chi connectivity index (χ1n) is 7.63. The number of carbonyl (C=O) groups is 1. The molecule has 0 atom stereocenters. The van der Waals surface area contributed by atoms with Crippen LogP contribution in [0.4, 0.5) is 0 Å². The van der Waals surface area contributed by atoms with Crippen LogP contribution in [0.5, 0.6) is 0 Å². The standard InChI is InChI=1S/C15H20N4O3/c1-2-18-7-9-19(10-8-18)14(20)6-5-13-16-15(17-22-13)12-4-3-11-21-12/h3-4,11H,2,5-10H2,1H3. The molecule has 1 fully saturated rings. The lowest BCUT2D eigenvalue weighted by Gasteiger charge is -2.34. The number of piperazine rings is 1. The van der Waals surface area contributed by atoms with E-state index in [9.17, 15) is 4.79 Å². The van der Waals surface area contributed by atoms with E-state index in [1.165, 1.54) is 0 Å². The number of nitrogens with zero attached hydrogens (tertiary/aromatic N) is 4. The molecule has 7 nitrogen and oxygen atoms in total. The van der Waals surface area contributed by atoms with Gasteiger partial charge in [-0.3, -0.25) is 4.79 Å². The van der Waals surface area contributed by atoms with Gasteiger partial charge in [0, 0.05) is 39.0 Å². The van der Waals surface area contributed by atoms with Gasteiger partial charge in [0.1, 0.15) is 0 Å². The number of amides is 1. The summed E-state index contributed by atoms with van der Waals surface area (Å²) in [7, 11) is 0. The highest BCUT2D eigenvalue weighted by Gasteiger charge is 2.20. The second-order valence-electron chi connectivity index (χ2n) is 5.30. The van der Waals surface area contributed by atoms with E-state index < -0.39 is 0 Å². The third kappa shape index (κ3) is 3.36. The molecule has 1 saturated heterocycles. The van der Waals surface area contributed by atoms with E-state index in [1.807, 2.05) is 4.90 Å². The van der Waals surface area contributed by atoms with Crippen LogP contribution in [0.2, 0.25) is 0 Å². The molecule has 1 aliphatic heterocycles. The van der Waals surface area contributed by atoms with E-state index in [2.05, 4.69) is 22.0 Å². The Labute approximate surface area is 128 Å². The maximum Gasteiger partial charge on any atom is 0.238 e. The van der Waals surface area contributed by atoms with Crippen LogP contribution in [0, 0.1) is 0 Å². The van der Waals surface area contributed by atoms with E-state index >= 15 is 0 Å². The Bertz CT molecular complexity index is 600. The first kappa shape index (κ1) is 14.8. The zero-order valence-corrected chi connectivity index (χ0v) is 12.7. The number of carbonyl (C=O) groups excluding carboxylic acids is 1. The summed E-state index contributed by atoms with van der Waals surface area (Å²) >= 11 is 0. The summed E-state index contributed by atoms with van der Waals surface area (Å²) in [6.07, 6.45) is 2.41. The largest absolute Gasteiger partial charge is 0.461 e. The minimum atomic E-state index is 0.147. The van der Waals surface area contributed by atoms with Gasteiger partial charge in [-0.15, -0.1) is 0 Å². The number of aromatic nitrogens is 2. The van der Waals surface area contributed by atoms with Crippen LogP contribution in [0.15, 0.2) is 27.3 Å². The molecule has 2 aromatic rings. The van der Waals surface area contributed by atoms with E-state index in [0.717, 1.165) is 32.7 Å². The van der Waals surface area contributed by atoms with Crippen LogP contribution in [0.1, 0.15) is 19.2 Å². The molecule has 22 heavy (non-hydrogen) atoms. The van der Waals surface area contributed by atoms with Gasteiger partial charge in [0.25, 0.3) is 0 Å². The fraction of sp³-hybridized carbons (Fsp3) is 0.533. The van der Waals surface area contributed by atoms with Crippen LogP contribution in [0.3, 0.4) is 0 Å². The van der Waals surface area contributed by atoms with Crippen molar-refractivity contribution < 1.29 is 13.7 Å². The topological polar surface area (TPSA) is 75.6 Å². The number of hydrogen-bond acceptors (Lipinski definition) is 6. The molecule has 118 valence electrons. The summed E-state index contributed by atoms with van der Waals surface area (Å²) in [6.45, 7) is 6.68. The van der Waals surface area contributed by atoms with E-state index in [-0.39, 0.29) is 5.91 Å². The predicted molar refractivity (Wildman–Crippen MR) is 79.0 cm³/mol. The summed E-state index contributed by atoms with van der Waals surface area (Å²) in [5, 5.41) is 3.86. The van der Waals surface area contributed by atoms with E-state index in [0.29, 0.717) is 30.3 Å². The third-order valence-electron chi connectivity index (χ3n) is 3.93. The summed E-state index contributed by atoms with van der Waals surface area (Å²) in [5.41, 5.74) is 0. The van der Waals surface area contributed by atoms with Crippen molar-refractivity contribution in [1.82, 2.24) is 19.9 Å². The lowest BCUT2D eigenvalue weighted by Crippen LogP contribution is -2.48. The Morgan fingerprint density at radius 3 is 2.82 bits per heavy atom. The van der Waals surface area contributed by atoms with Crippen molar-refractivity contribution in [1.29, 1.82) is 0 Å². The summed E-state index contributed by atoms with van der Waals surface area (Å²) in [4.78, 5) is 20.7. The quantitative estimate of drug-likeness (QED) is 0.831. The first-order chi connectivity index (χ1) is 10.8. The third-order valence-corrected chi connectivity index (χ3v) is 3.93. The maximum absolute atomic E-state index is 12.2. The van der Waals surface area contributed by atoms with Crippen molar-refractivity contribution >= 4 is 5.91 Å². The van der Waals surface area contributed by atoms with E-state index in [1.54, 1.807) is 18.4 Å². The van der Waals surface area contributed by atoms with Gasteiger partial charge >= 0.3 is 0 Å². The zero-order chi connectivity index (χ0) is 15.4. The molecule has 0 saturated carbocycles. The molecule has 7 heteroatoms. The number of furan rings is 1. The van der Waals surface area contributed by atoms with Gasteiger partial charge in [0.15, 0.2) is 5.76 Å². The van der Waals surface area contributed by atoms with Gasteiger partial charge in [-0.05, 0) is 18.7 Å². The number of hydrogen-bond donors (Lipinski definition) is 0. The molecule has 0 aromatic carbocycles. The summed E-state index contributed by atoms with van der Waals surface area (Å²) in [6, 6.07) is 3.54. The molecule has 1 aliphatic rings. The highest BCUT2D eigenvalue weighted by molar-refractivity contribution is 5.76. The van der Waals surface area contributed by atoms with Crippen LogP contribution in [-0.2, 0) is 11.2 Å². The van der Waals surface area contributed by atoms with Crippen molar-refractivity contribution in [3.8, 4) is 11.6 Å². The average molecular weight is 304 g/mol. The normalized spacial score (nSPS) is 16.1. The lowest BCUT2D eigenvalue weighted by atomic mass is 10.2. The Kier molecular flexibility index (Phi) is 4.53. The van der Waals surface area contributed by atoms with Crippen LogP contribution < -0.4 is 0 Å². The second-order valence-corrected chi connectivity index (χ2v) is 5.30. The number of likely N-dealkylation sites (N-methyl/N-ethyl adjacent to an activating group) is 1. The van der Waals surface area contributed by atoms with Crippen molar-refractivity contribution in [3.05, 3.63) is 24.3 Å². The second kappa shape index (κ2) is 6.74. The van der Waals surface area contributed by atoms with Crippen molar-refractivity contribution in [2.75, 3.05) is 32.7 Å². The minimum Gasteiger partial charge on any atom is -0.461 e. The van der Waals surface area contributed by atoms with Gasteiger partial charge in [-0.1, -0.05) is 12.1 Å². The molecule has 0 spiro atoms. The zero-order valence-electron chi connectivity index (χ0n) is 12.7. The smallest absolute Gasteiger partial charge is 0.238 e. The van der Waals surface area contributed by atoms with Gasteiger partial charge in [-0.25, -0.2) is 0 Å². The fourth-order valence-electron chi connectivity index (χ4n) is 2.55. The SMILES string of the molecule is CCN1CCN(C(=O)CCc2nc(-c3ccco3)no2)CC1. The molecular formula is C15H20N4O3. The molecular weight excluding hydrogens is 284 g/mol. The number of rotatable bonds is 5. The molecule has 3 rings (SSSR count). The highest BCUT2D eigenvalue weighted by atomic mass is 16.5. The van der Waals surface area contributed by atoms with Crippen molar-refractivity contribution in [3.63, 3.8) is 0 Å². The minimum absolute atomic E-state index is 0.147. The Morgan fingerprint density at radius 1 is 1.32 bits per heavy atom. The lowest BCUT2D eigenvalue weighted by molar-refractivity contribution is -0.132. The molecule has 1 amide bonds. The Balaban J connectivity index is 1.49. The molecule has 2 aromatic heterocycles. The van der Waals surface area contributed by atoms with Crippen molar-refractivity contribution in [2.45, 2.75) is 19.8 Å². The molecule has 0 aliphatic carbocycles. The maximum atomic E-state index is 12.2. The average Bonchev–Trinajstić information content (AvgIpc) is 3.23. The van der Waals surface area contributed by atoms with Crippen molar-refractivity contribution in [2.24, 2.45) is 0 Å². The predicted octanol–water partition coefficient (Wildman–Crippen LogP) is 1.43. The van der Waals surface area contributed by atoms with Gasteiger partial charge in [0.05, 0.1) is 6.26 Å². The Hall–Kier alpha value is -2.15. The molecule has 0 bridgehead atoms. The Morgan fingerprint density at radius 2 is 2.14 bits per heavy atom. The number of aryl methyl sites for hydroxylation is 1. The van der Waals surface area contributed by atoms with E-state index in [4.69, 9.17) is 8.94 Å². The molecule has 0 N–H and O–H groups in total. The molecule has 3 heterocycles. The highest BCUT2D eigenvalue weighted by Crippen LogP contribution is 2.16. The monoisotopic (exact) mass is 304 g/mol. The van der Waals surface area contributed by atoms with Crippen LogP contribution in [0.25, 0.3) is 11.6 Å². The first-order valence-corrected chi connectivity index (χ1v) is 7.63. The van der Waals surface area contributed by atoms with Crippen LogP contribution >= 0.6 is 0 Å². The molecule has 0 unspecified atom stereocenters. The van der Waals surface area contributed by atoms with Gasteiger partial charge in [0.2, 0.25) is 17.6 Å². The molecule has 0 radical (unpaired) electrons. The van der Waals surface area contributed by atoms with Gasteiger partial charge in [-0.2, -0.15) is 4.98 Å². The fourth-order valence-corrected chi connectivity index (χ4v) is 2.55. The summed E-state index contributed by atoms with van der Waals surface area (Å²) in [5.74, 6) is 1.60. The van der Waals surface area contributed by atoms with Gasteiger partial charge < -0.3 is 18.7 Å². The van der Waals surface area contributed by atoms with Crippen LogP contribution in [-0.4, -0.2) is 58.6 Å². The summed E-state index contributed by atoms with van der Waals surface area (Å²) < 4.78 is 10.4.